The summed E-state index contributed by atoms with van der Waals surface area (Å²) in [6.45, 7) is 0. The minimum absolute atomic E-state index is 0.0387. The van der Waals surface area contributed by atoms with Crippen LogP contribution in [0.1, 0.15) is 44.9 Å². The molecule has 0 aliphatic heterocycles. The smallest absolute Gasteiger partial charge is 0.303 e. The van der Waals surface area contributed by atoms with Crippen molar-refractivity contribution in [3.05, 3.63) is 54.6 Å². The van der Waals surface area contributed by atoms with Crippen molar-refractivity contribution < 1.29 is 18.3 Å². The van der Waals surface area contributed by atoms with Gasteiger partial charge in [0.05, 0.1) is 4.90 Å². The molecule has 1 aliphatic carbocycles. The molecule has 1 aromatic rings. The third kappa shape index (κ3) is 7.14. The van der Waals surface area contributed by atoms with Gasteiger partial charge in [-0.05, 0) is 50.2 Å². The molecule has 1 aliphatic rings. The summed E-state index contributed by atoms with van der Waals surface area (Å²) < 4.78 is 27.7. The Labute approximate surface area is 155 Å². The fourth-order valence-corrected chi connectivity index (χ4v) is 4.47. The van der Waals surface area contributed by atoms with Crippen LogP contribution in [0.25, 0.3) is 0 Å². The summed E-state index contributed by atoms with van der Waals surface area (Å²) in [5.41, 5.74) is 0. The Kier molecular flexibility index (Phi) is 8.06. The SMILES string of the molecule is O=C(O)CCC/C=C\C=C\[C@H]1CCC[C@H](NS(=O)(=O)c2ccccc2)C1. The van der Waals surface area contributed by atoms with Crippen molar-refractivity contribution in [2.45, 2.75) is 55.9 Å². The molecule has 0 radical (unpaired) electrons. The summed E-state index contributed by atoms with van der Waals surface area (Å²) in [4.78, 5) is 10.7. The second kappa shape index (κ2) is 10.3. The number of rotatable bonds is 9. The third-order valence-corrected chi connectivity index (χ3v) is 6.02. The highest BCUT2D eigenvalue weighted by molar-refractivity contribution is 7.89. The van der Waals surface area contributed by atoms with Gasteiger partial charge in [0.1, 0.15) is 0 Å². The molecule has 5 nitrogen and oxygen atoms in total. The maximum Gasteiger partial charge on any atom is 0.303 e. The molecule has 2 rings (SSSR count). The maximum atomic E-state index is 12.4. The molecule has 0 bridgehead atoms. The number of carboxylic acids is 1. The van der Waals surface area contributed by atoms with Gasteiger partial charge in [0.2, 0.25) is 10.0 Å². The van der Waals surface area contributed by atoms with Gasteiger partial charge in [0.25, 0.3) is 0 Å². The predicted molar refractivity (Wildman–Crippen MR) is 102 cm³/mol. The zero-order chi connectivity index (χ0) is 18.8. The van der Waals surface area contributed by atoms with E-state index >= 15 is 0 Å². The number of hydrogen-bond acceptors (Lipinski definition) is 3. The Morgan fingerprint density at radius 1 is 1.19 bits per heavy atom. The average molecular weight is 378 g/mol. The monoisotopic (exact) mass is 377 g/mol. The molecule has 0 saturated heterocycles. The first-order chi connectivity index (χ1) is 12.5. The molecule has 1 saturated carbocycles. The van der Waals surface area contributed by atoms with Crippen LogP contribution < -0.4 is 4.72 Å². The highest BCUT2D eigenvalue weighted by Crippen LogP contribution is 2.26. The lowest BCUT2D eigenvalue weighted by atomic mass is 9.86. The van der Waals surface area contributed by atoms with Crippen LogP contribution in [0.2, 0.25) is 0 Å². The van der Waals surface area contributed by atoms with E-state index < -0.39 is 16.0 Å². The van der Waals surface area contributed by atoms with Crippen LogP contribution in [0.5, 0.6) is 0 Å². The van der Waals surface area contributed by atoms with Crippen molar-refractivity contribution >= 4 is 16.0 Å². The molecule has 6 heteroatoms. The molecule has 1 aromatic carbocycles. The van der Waals surface area contributed by atoms with Crippen molar-refractivity contribution in [1.29, 1.82) is 0 Å². The van der Waals surface area contributed by atoms with Gasteiger partial charge in [-0.3, -0.25) is 4.79 Å². The molecule has 0 amide bonds. The van der Waals surface area contributed by atoms with Crippen LogP contribution in [0.15, 0.2) is 59.5 Å². The van der Waals surface area contributed by atoms with Crippen LogP contribution in [-0.2, 0) is 14.8 Å². The quantitative estimate of drug-likeness (QED) is 0.505. The molecule has 2 atom stereocenters. The first kappa shape index (κ1) is 20.4. The number of carboxylic acid groups (broad SMARTS) is 1. The number of unbranched alkanes of at least 4 members (excludes halogenated alkanes) is 1. The minimum atomic E-state index is -3.46. The first-order valence-electron chi connectivity index (χ1n) is 9.10. The zero-order valence-corrected chi connectivity index (χ0v) is 15.7. The summed E-state index contributed by atoms with van der Waals surface area (Å²) in [5.74, 6) is -0.406. The van der Waals surface area contributed by atoms with Gasteiger partial charge in [-0.2, -0.15) is 0 Å². The van der Waals surface area contributed by atoms with Crippen LogP contribution >= 0.6 is 0 Å². The van der Waals surface area contributed by atoms with E-state index in [1.165, 1.54) is 0 Å². The van der Waals surface area contributed by atoms with Gasteiger partial charge in [0, 0.05) is 12.5 Å². The molecule has 26 heavy (non-hydrogen) atoms. The van der Waals surface area contributed by atoms with Gasteiger partial charge < -0.3 is 5.11 Å². The summed E-state index contributed by atoms with van der Waals surface area (Å²) in [5, 5.41) is 8.58. The summed E-state index contributed by atoms with van der Waals surface area (Å²) in [7, 11) is -3.46. The number of carbonyl (C=O) groups is 1. The number of allylic oxidation sites excluding steroid dienone is 4. The van der Waals surface area contributed by atoms with Gasteiger partial charge in [-0.25, -0.2) is 13.1 Å². The van der Waals surface area contributed by atoms with E-state index in [4.69, 9.17) is 5.11 Å². The Morgan fingerprint density at radius 2 is 1.96 bits per heavy atom. The largest absolute Gasteiger partial charge is 0.481 e. The van der Waals surface area contributed by atoms with E-state index in [9.17, 15) is 13.2 Å². The van der Waals surface area contributed by atoms with Gasteiger partial charge in [0.15, 0.2) is 0 Å². The van der Waals surface area contributed by atoms with E-state index in [-0.39, 0.29) is 12.5 Å². The lowest BCUT2D eigenvalue weighted by Crippen LogP contribution is -2.38. The van der Waals surface area contributed by atoms with E-state index in [1.807, 2.05) is 18.2 Å². The number of sulfonamides is 1. The van der Waals surface area contributed by atoms with Crippen LogP contribution in [0, 0.1) is 5.92 Å². The standard InChI is InChI=1S/C20H27NO4S/c22-20(23)15-8-3-1-2-5-10-17-11-9-12-18(16-17)21-26(24,25)19-13-6-4-7-14-19/h1-2,4-7,10,13-14,17-18,21H,3,8-9,11-12,15-16H2,(H,22,23)/b2-1-,10-5+/t17-,18-/m0/s1. The lowest BCUT2D eigenvalue weighted by Gasteiger charge is -2.27. The van der Waals surface area contributed by atoms with Gasteiger partial charge >= 0.3 is 5.97 Å². The summed E-state index contributed by atoms with van der Waals surface area (Å²) in [6.07, 6.45) is 13.3. The molecule has 0 aromatic heterocycles. The number of aliphatic carboxylic acids is 1. The predicted octanol–water partition coefficient (Wildman–Crippen LogP) is 3.89. The normalized spacial score (nSPS) is 21.4. The molecule has 1 fully saturated rings. The van der Waals surface area contributed by atoms with Crippen LogP contribution in [-0.4, -0.2) is 25.5 Å². The van der Waals surface area contributed by atoms with E-state index in [1.54, 1.807) is 30.3 Å². The average Bonchev–Trinajstić information content (AvgIpc) is 2.61. The Balaban J connectivity index is 1.80. The van der Waals surface area contributed by atoms with Crippen molar-refractivity contribution in [1.82, 2.24) is 4.72 Å². The highest BCUT2D eigenvalue weighted by atomic mass is 32.2. The number of benzene rings is 1. The van der Waals surface area contributed by atoms with Crippen molar-refractivity contribution in [3.8, 4) is 0 Å². The fraction of sp³-hybridized carbons (Fsp3) is 0.450. The second-order valence-electron chi connectivity index (χ2n) is 6.66. The maximum absolute atomic E-state index is 12.4. The molecule has 2 N–H and O–H groups in total. The van der Waals surface area contributed by atoms with Gasteiger partial charge in [-0.1, -0.05) is 48.9 Å². The molecular formula is C20H27NO4S. The summed E-state index contributed by atoms with van der Waals surface area (Å²) in [6, 6.07) is 8.43. The molecule has 0 spiro atoms. The Morgan fingerprint density at radius 3 is 2.69 bits per heavy atom. The van der Waals surface area contributed by atoms with Gasteiger partial charge in [-0.15, -0.1) is 0 Å². The topological polar surface area (TPSA) is 83.5 Å². The third-order valence-electron chi connectivity index (χ3n) is 4.48. The second-order valence-corrected chi connectivity index (χ2v) is 8.37. The summed E-state index contributed by atoms with van der Waals surface area (Å²) >= 11 is 0. The number of hydrogen-bond donors (Lipinski definition) is 2. The molecule has 0 unspecified atom stereocenters. The highest BCUT2D eigenvalue weighted by Gasteiger charge is 2.25. The van der Waals surface area contributed by atoms with Crippen LogP contribution in [0.4, 0.5) is 0 Å². The van der Waals surface area contributed by atoms with Crippen LogP contribution in [0.3, 0.4) is 0 Å². The van der Waals surface area contributed by atoms with E-state index in [0.29, 0.717) is 17.2 Å². The van der Waals surface area contributed by atoms with Crippen molar-refractivity contribution in [3.63, 3.8) is 0 Å². The first-order valence-corrected chi connectivity index (χ1v) is 10.6. The fourth-order valence-electron chi connectivity index (χ4n) is 3.16. The van der Waals surface area contributed by atoms with Crippen molar-refractivity contribution in [2.24, 2.45) is 5.92 Å². The molecular weight excluding hydrogens is 350 g/mol. The Hall–Kier alpha value is -1.92. The molecule has 142 valence electrons. The number of nitrogens with one attached hydrogen (secondary N) is 1. The lowest BCUT2D eigenvalue weighted by molar-refractivity contribution is -0.137. The molecule has 0 heterocycles. The van der Waals surface area contributed by atoms with E-state index in [2.05, 4.69) is 10.8 Å². The Bertz CT molecular complexity index is 725. The van der Waals surface area contributed by atoms with E-state index in [0.717, 1.165) is 32.1 Å². The van der Waals surface area contributed by atoms with Crippen molar-refractivity contribution in [2.75, 3.05) is 0 Å². The zero-order valence-electron chi connectivity index (χ0n) is 14.9. The minimum Gasteiger partial charge on any atom is -0.481 e.